The lowest BCUT2D eigenvalue weighted by Gasteiger charge is -2.29. The minimum Gasteiger partial charge on any atom is -0.312 e. The third-order valence-electron chi connectivity index (χ3n) is 5.65. The first kappa shape index (κ1) is 12.8. The molecule has 2 nitrogen and oxygen atoms in total. The van der Waals surface area contributed by atoms with Gasteiger partial charge in [-0.25, -0.2) is 0 Å². The number of fused-ring (bicyclic) bond motifs is 2. The number of likely N-dealkylation sites (tertiary alicyclic amines) is 1. The van der Waals surface area contributed by atoms with Crippen molar-refractivity contribution in [3.05, 3.63) is 35.4 Å². The number of rotatable bonds is 2. The normalized spacial score (nSPS) is 33.7. The van der Waals surface area contributed by atoms with Gasteiger partial charge < -0.3 is 10.2 Å². The van der Waals surface area contributed by atoms with E-state index in [9.17, 15) is 0 Å². The largest absolute Gasteiger partial charge is 0.312 e. The predicted octanol–water partition coefficient (Wildman–Crippen LogP) is 2.79. The van der Waals surface area contributed by atoms with Gasteiger partial charge in [0.25, 0.3) is 0 Å². The number of nitrogens with zero attached hydrogens (tertiary/aromatic N) is 1. The van der Waals surface area contributed by atoms with E-state index >= 15 is 0 Å². The van der Waals surface area contributed by atoms with Gasteiger partial charge in [-0.2, -0.15) is 0 Å². The Morgan fingerprint density at radius 2 is 2.05 bits per heavy atom. The Hall–Kier alpha value is -0.860. The summed E-state index contributed by atoms with van der Waals surface area (Å²) in [5, 5.41) is 3.73. The number of hydrogen-bond donors (Lipinski definition) is 1. The molecule has 20 heavy (non-hydrogen) atoms. The van der Waals surface area contributed by atoms with Crippen LogP contribution in [0, 0.1) is 5.92 Å². The monoisotopic (exact) mass is 270 g/mol. The summed E-state index contributed by atoms with van der Waals surface area (Å²) in [5.41, 5.74) is 3.25. The van der Waals surface area contributed by atoms with Crippen LogP contribution >= 0.6 is 0 Å². The van der Waals surface area contributed by atoms with E-state index in [1.165, 1.54) is 58.3 Å². The van der Waals surface area contributed by atoms with Gasteiger partial charge in [0, 0.05) is 25.7 Å². The highest BCUT2D eigenvalue weighted by Gasteiger charge is 2.35. The average Bonchev–Trinajstić information content (AvgIpc) is 2.90. The first-order chi connectivity index (χ1) is 9.90. The Labute approximate surface area is 122 Å². The highest BCUT2D eigenvalue weighted by molar-refractivity contribution is 5.32. The van der Waals surface area contributed by atoms with E-state index in [1.807, 2.05) is 0 Å². The van der Waals surface area contributed by atoms with Crippen molar-refractivity contribution in [2.24, 2.45) is 5.92 Å². The molecule has 1 N–H and O–H groups in total. The number of hydrogen-bond acceptors (Lipinski definition) is 2. The molecule has 2 heteroatoms. The van der Waals surface area contributed by atoms with Gasteiger partial charge in [-0.05, 0) is 61.6 Å². The number of piperidine rings is 1. The van der Waals surface area contributed by atoms with Crippen LogP contribution in [0.1, 0.15) is 42.7 Å². The van der Waals surface area contributed by atoms with Crippen molar-refractivity contribution in [1.82, 2.24) is 10.2 Å². The highest BCUT2D eigenvalue weighted by atomic mass is 15.2. The van der Waals surface area contributed by atoms with Crippen LogP contribution in [-0.2, 0) is 6.42 Å². The van der Waals surface area contributed by atoms with E-state index in [2.05, 4.69) is 34.5 Å². The van der Waals surface area contributed by atoms with Gasteiger partial charge in [-0.3, -0.25) is 0 Å². The zero-order valence-electron chi connectivity index (χ0n) is 12.4. The minimum atomic E-state index is 0.778. The number of benzene rings is 1. The lowest BCUT2D eigenvalue weighted by atomic mass is 9.82. The van der Waals surface area contributed by atoms with Crippen molar-refractivity contribution in [3.8, 4) is 0 Å². The van der Waals surface area contributed by atoms with Crippen molar-refractivity contribution < 1.29 is 0 Å². The van der Waals surface area contributed by atoms with E-state index in [-0.39, 0.29) is 0 Å². The summed E-state index contributed by atoms with van der Waals surface area (Å²) in [4.78, 5) is 2.74. The maximum absolute atomic E-state index is 3.73. The van der Waals surface area contributed by atoms with E-state index in [0.717, 1.165) is 17.9 Å². The highest BCUT2D eigenvalue weighted by Crippen LogP contribution is 2.34. The number of nitrogens with one attached hydrogen (secondary N) is 1. The zero-order valence-corrected chi connectivity index (χ0v) is 12.4. The molecule has 3 unspecified atom stereocenters. The van der Waals surface area contributed by atoms with Gasteiger partial charge in [0.15, 0.2) is 0 Å². The molecule has 2 aliphatic heterocycles. The van der Waals surface area contributed by atoms with Crippen molar-refractivity contribution in [2.75, 3.05) is 26.2 Å². The molecule has 0 radical (unpaired) electrons. The van der Waals surface area contributed by atoms with Crippen molar-refractivity contribution in [1.29, 1.82) is 0 Å². The number of aryl methyl sites for hydroxylation is 1. The average molecular weight is 270 g/mol. The van der Waals surface area contributed by atoms with Crippen LogP contribution < -0.4 is 5.32 Å². The van der Waals surface area contributed by atoms with Crippen LogP contribution in [0.4, 0.5) is 0 Å². The van der Waals surface area contributed by atoms with E-state index < -0.39 is 0 Å². The van der Waals surface area contributed by atoms with Gasteiger partial charge in [0.05, 0.1) is 0 Å². The molecule has 2 heterocycles. The van der Waals surface area contributed by atoms with Crippen LogP contribution in [0.25, 0.3) is 0 Å². The molecule has 0 spiro atoms. The van der Waals surface area contributed by atoms with Crippen LogP contribution in [0.3, 0.4) is 0 Å². The summed E-state index contributed by atoms with van der Waals surface area (Å²) in [6.07, 6.45) is 6.87. The molecule has 0 aromatic heterocycles. The first-order valence-corrected chi connectivity index (χ1v) is 8.44. The summed E-state index contributed by atoms with van der Waals surface area (Å²) in [6, 6.07) is 9.92. The third kappa shape index (κ3) is 2.40. The second-order valence-corrected chi connectivity index (χ2v) is 6.97. The fourth-order valence-electron chi connectivity index (χ4n) is 4.64. The molecule has 2 fully saturated rings. The minimum absolute atomic E-state index is 0.778. The van der Waals surface area contributed by atoms with Crippen molar-refractivity contribution in [2.45, 2.75) is 44.1 Å². The topological polar surface area (TPSA) is 15.3 Å². The summed E-state index contributed by atoms with van der Waals surface area (Å²) in [7, 11) is 0. The van der Waals surface area contributed by atoms with Gasteiger partial charge in [0.1, 0.15) is 0 Å². The zero-order chi connectivity index (χ0) is 13.4. The lowest BCUT2D eigenvalue weighted by molar-refractivity contribution is 0.287. The smallest absolute Gasteiger partial charge is 0.0235 e. The van der Waals surface area contributed by atoms with E-state index in [0.29, 0.717) is 0 Å². The van der Waals surface area contributed by atoms with Crippen LogP contribution in [0.15, 0.2) is 24.3 Å². The first-order valence-electron chi connectivity index (χ1n) is 8.44. The molecule has 0 amide bonds. The van der Waals surface area contributed by atoms with Gasteiger partial charge in [0.2, 0.25) is 0 Å². The Morgan fingerprint density at radius 1 is 1.10 bits per heavy atom. The molecule has 1 aliphatic carbocycles. The molecule has 0 bridgehead atoms. The fourth-order valence-corrected chi connectivity index (χ4v) is 4.64. The standard InChI is InChI=1S/C18H26N2/c1-2-9-17-14(5-1)6-3-7-15(17)11-20-12-16-8-4-10-19-18(16)13-20/h1-2,5,9,15-16,18-19H,3-4,6-8,10-13H2. The molecule has 4 rings (SSSR count). The lowest BCUT2D eigenvalue weighted by Crippen LogP contribution is -2.40. The Morgan fingerprint density at radius 3 is 3.00 bits per heavy atom. The quantitative estimate of drug-likeness (QED) is 0.889. The van der Waals surface area contributed by atoms with E-state index in [1.54, 1.807) is 11.1 Å². The second-order valence-electron chi connectivity index (χ2n) is 6.97. The summed E-state index contributed by atoms with van der Waals surface area (Å²) < 4.78 is 0. The summed E-state index contributed by atoms with van der Waals surface area (Å²) in [5.74, 6) is 1.70. The SMILES string of the molecule is c1ccc2c(c1)CCCC2CN1CC2CCCNC2C1. The van der Waals surface area contributed by atoms with Gasteiger partial charge in [-0.15, -0.1) is 0 Å². The molecule has 2 saturated heterocycles. The van der Waals surface area contributed by atoms with Gasteiger partial charge >= 0.3 is 0 Å². The molecule has 1 aromatic rings. The van der Waals surface area contributed by atoms with Crippen LogP contribution in [-0.4, -0.2) is 37.1 Å². The molecular weight excluding hydrogens is 244 g/mol. The van der Waals surface area contributed by atoms with Crippen LogP contribution in [0.5, 0.6) is 0 Å². The fraction of sp³-hybridized carbons (Fsp3) is 0.667. The van der Waals surface area contributed by atoms with Gasteiger partial charge in [-0.1, -0.05) is 24.3 Å². The molecule has 0 saturated carbocycles. The maximum atomic E-state index is 3.73. The predicted molar refractivity (Wildman–Crippen MR) is 83.1 cm³/mol. The van der Waals surface area contributed by atoms with Crippen molar-refractivity contribution >= 4 is 0 Å². The Kier molecular flexibility index (Phi) is 3.53. The Bertz CT molecular complexity index is 456. The van der Waals surface area contributed by atoms with E-state index in [4.69, 9.17) is 0 Å². The molecular formula is C18H26N2. The Balaban J connectivity index is 1.45. The summed E-state index contributed by atoms with van der Waals surface area (Å²) >= 11 is 0. The van der Waals surface area contributed by atoms with Crippen molar-refractivity contribution in [3.63, 3.8) is 0 Å². The summed E-state index contributed by atoms with van der Waals surface area (Å²) in [6.45, 7) is 5.13. The molecule has 1 aromatic carbocycles. The second kappa shape index (κ2) is 5.50. The molecule has 108 valence electrons. The molecule has 3 aliphatic rings. The van der Waals surface area contributed by atoms with Crippen LogP contribution in [0.2, 0.25) is 0 Å². The maximum Gasteiger partial charge on any atom is 0.0235 e. The third-order valence-corrected chi connectivity index (χ3v) is 5.65. The molecule has 3 atom stereocenters.